The van der Waals surface area contributed by atoms with Gasteiger partial charge in [-0.25, -0.2) is 0 Å². The summed E-state index contributed by atoms with van der Waals surface area (Å²) in [5.74, 6) is -0.128. The molecule has 1 saturated carbocycles. The van der Waals surface area contributed by atoms with Crippen molar-refractivity contribution < 1.29 is 19.4 Å². The first-order chi connectivity index (χ1) is 13.5. The van der Waals surface area contributed by atoms with E-state index in [1.54, 1.807) is 7.11 Å². The second kappa shape index (κ2) is 9.70. The Kier molecular flexibility index (Phi) is 7.34. The molecule has 0 spiro atoms. The number of hydrogen-bond donors (Lipinski definition) is 3. The summed E-state index contributed by atoms with van der Waals surface area (Å²) in [6, 6.07) is 8.82. The van der Waals surface area contributed by atoms with Gasteiger partial charge in [-0.05, 0) is 36.6 Å². The number of aliphatic hydroxyl groups is 1. The van der Waals surface area contributed by atoms with Crippen LogP contribution in [0, 0.1) is 0 Å². The van der Waals surface area contributed by atoms with Crippen LogP contribution in [0.15, 0.2) is 41.3 Å². The summed E-state index contributed by atoms with van der Waals surface area (Å²) in [6.07, 6.45) is 3.40. The molecule has 0 saturated heterocycles. The minimum atomic E-state index is -0.518. The van der Waals surface area contributed by atoms with Gasteiger partial charge in [0.15, 0.2) is 0 Å². The summed E-state index contributed by atoms with van der Waals surface area (Å²) in [4.78, 5) is 37.1. The van der Waals surface area contributed by atoms with Crippen molar-refractivity contribution in [2.24, 2.45) is 0 Å². The molecule has 28 heavy (non-hydrogen) atoms. The lowest BCUT2D eigenvalue weighted by Crippen LogP contribution is -2.34. The standard InChI is InChI=1S/C19H21N3O4.CH4O/c1-20-18(24)16-9-13(17(23)21-14-6-7-14)11-22(19(16)25)10-12-4-3-5-15(8-12)26-2;1-2/h3-5,8-9,11,14H,6-7,10H2,1-2H3,(H,20,24)(H,21,23);2H,1H3. The zero-order valence-electron chi connectivity index (χ0n) is 16.2. The van der Waals surface area contributed by atoms with Gasteiger partial charge in [0.2, 0.25) is 0 Å². The van der Waals surface area contributed by atoms with Crippen LogP contribution < -0.4 is 20.9 Å². The lowest BCUT2D eigenvalue weighted by atomic mass is 10.1. The van der Waals surface area contributed by atoms with E-state index in [0.29, 0.717) is 5.75 Å². The van der Waals surface area contributed by atoms with Crippen molar-refractivity contribution in [2.45, 2.75) is 25.4 Å². The summed E-state index contributed by atoms with van der Waals surface area (Å²) in [7, 11) is 4.02. The van der Waals surface area contributed by atoms with Gasteiger partial charge in [0, 0.05) is 26.4 Å². The summed E-state index contributed by atoms with van der Waals surface area (Å²) >= 11 is 0. The number of rotatable bonds is 6. The van der Waals surface area contributed by atoms with Crippen LogP contribution in [-0.4, -0.2) is 48.8 Å². The zero-order chi connectivity index (χ0) is 20.7. The van der Waals surface area contributed by atoms with Crippen molar-refractivity contribution in [3.05, 3.63) is 63.6 Å². The minimum Gasteiger partial charge on any atom is -0.497 e. The molecule has 1 heterocycles. The van der Waals surface area contributed by atoms with E-state index in [-0.39, 0.29) is 29.6 Å². The van der Waals surface area contributed by atoms with Gasteiger partial charge in [0.05, 0.1) is 19.2 Å². The normalized spacial score (nSPS) is 12.4. The number of aliphatic hydroxyl groups excluding tert-OH is 1. The number of ether oxygens (including phenoxy) is 1. The highest BCUT2D eigenvalue weighted by molar-refractivity contribution is 5.99. The van der Waals surface area contributed by atoms with Crippen LogP contribution in [0.4, 0.5) is 0 Å². The van der Waals surface area contributed by atoms with E-state index in [1.807, 2.05) is 24.3 Å². The number of pyridine rings is 1. The van der Waals surface area contributed by atoms with Crippen LogP contribution in [0.25, 0.3) is 0 Å². The number of methoxy groups -OCH3 is 1. The number of nitrogens with zero attached hydrogens (tertiary/aromatic N) is 1. The quantitative estimate of drug-likeness (QED) is 0.678. The highest BCUT2D eigenvalue weighted by Gasteiger charge is 2.25. The molecule has 3 rings (SSSR count). The van der Waals surface area contributed by atoms with Crippen molar-refractivity contribution in [1.82, 2.24) is 15.2 Å². The van der Waals surface area contributed by atoms with E-state index in [0.717, 1.165) is 25.5 Å². The first kappa shape index (κ1) is 21.2. The molecule has 150 valence electrons. The predicted octanol–water partition coefficient (Wildman–Crippen LogP) is 0.765. The van der Waals surface area contributed by atoms with E-state index in [4.69, 9.17) is 9.84 Å². The van der Waals surface area contributed by atoms with Crippen molar-refractivity contribution in [3.8, 4) is 5.75 Å². The van der Waals surface area contributed by atoms with E-state index >= 15 is 0 Å². The Morgan fingerprint density at radius 2 is 1.93 bits per heavy atom. The lowest BCUT2D eigenvalue weighted by Gasteiger charge is -2.12. The maximum Gasteiger partial charge on any atom is 0.263 e. The summed E-state index contributed by atoms with van der Waals surface area (Å²) in [5.41, 5.74) is 0.612. The largest absolute Gasteiger partial charge is 0.497 e. The Hall–Kier alpha value is -3.13. The van der Waals surface area contributed by atoms with Crippen LogP contribution in [0.2, 0.25) is 0 Å². The molecule has 8 heteroatoms. The van der Waals surface area contributed by atoms with Crippen LogP contribution in [0.3, 0.4) is 0 Å². The first-order valence-electron chi connectivity index (χ1n) is 8.87. The number of carbonyl (C=O) groups is 2. The third-order valence-corrected chi connectivity index (χ3v) is 4.22. The Morgan fingerprint density at radius 1 is 1.21 bits per heavy atom. The number of amides is 2. The summed E-state index contributed by atoms with van der Waals surface area (Å²) < 4.78 is 6.58. The molecule has 8 nitrogen and oxygen atoms in total. The molecule has 0 bridgehead atoms. The van der Waals surface area contributed by atoms with Gasteiger partial charge < -0.3 is 25.0 Å². The van der Waals surface area contributed by atoms with Gasteiger partial charge in [0.1, 0.15) is 11.3 Å². The number of carbonyl (C=O) groups excluding carboxylic acids is 2. The van der Waals surface area contributed by atoms with Gasteiger partial charge >= 0.3 is 0 Å². The lowest BCUT2D eigenvalue weighted by molar-refractivity contribution is 0.0950. The smallest absolute Gasteiger partial charge is 0.263 e. The topological polar surface area (TPSA) is 110 Å². The second-order valence-corrected chi connectivity index (χ2v) is 6.25. The van der Waals surface area contributed by atoms with Crippen LogP contribution >= 0.6 is 0 Å². The van der Waals surface area contributed by atoms with E-state index < -0.39 is 11.5 Å². The average Bonchev–Trinajstić information content (AvgIpc) is 3.54. The maximum atomic E-state index is 12.7. The molecule has 0 radical (unpaired) electrons. The van der Waals surface area contributed by atoms with Crippen LogP contribution in [0.5, 0.6) is 5.75 Å². The number of hydrogen-bond acceptors (Lipinski definition) is 5. The predicted molar refractivity (Wildman–Crippen MR) is 105 cm³/mol. The summed E-state index contributed by atoms with van der Waals surface area (Å²) in [5, 5.41) is 12.3. The minimum absolute atomic E-state index is 0.0566. The molecular weight excluding hydrogens is 362 g/mol. The Morgan fingerprint density at radius 3 is 2.54 bits per heavy atom. The van der Waals surface area contributed by atoms with Crippen LogP contribution in [-0.2, 0) is 6.54 Å². The van der Waals surface area contributed by atoms with Crippen molar-refractivity contribution in [3.63, 3.8) is 0 Å². The van der Waals surface area contributed by atoms with E-state index in [2.05, 4.69) is 10.6 Å². The molecule has 3 N–H and O–H groups in total. The SMILES string of the molecule is CNC(=O)c1cc(C(=O)NC2CC2)cn(Cc2cccc(OC)c2)c1=O.CO. The van der Waals surface area contributed by atoms with Gasteiger partial charge in [-0.1, -0.05) is 12.1 Å². The molecule has 2 amide bonds. The van der Waals surface area contributed by atoms with Crippen molar-refractivity contribution >= 4 is 11.8 Å². The van der Waals surface area contributed by atoms with Gasteiger partial charge in [-0.2, -0.15) is 0 Å². The molecule has 1 aromatic heterocycles. The first-order valence-corrected chi connectivity index (χ1v) is 8.87. The third-order valence-electron chi connectivity index (χ3n) is 4.22. The number of aromatic nitrogens is 1. The Bertz CT molecular complexity index is 903. The van der Waals surface area contributed by atoms with Gasteiger partial charge in [0.25, 0.3) is 17.4 Å². The third kappa shape index (κ3) is 5.20. The van der Waals surface area contributed by atoms with Gasteiger partial charge in [-0.15, -0.1) is 0 Å². The fourth-order valence-electron chi connectivity index (χ4n) is 2.64. The number of nitrogens with one attached hydrogen (secondary N) is 2. The van der Waals surface area contributed by atoms with Gasteiger partial charge in [-0.3, -0.25) is 14.4 Å². The fraction of sp³-hybridized carbons (Fsp3) is 0.350. The highest BCUT2D eigenvalue weighted by atomic mass is 16.5. The number of benzene rings is 1. The molecule has 0 aliphatic heterocycles. The average molecular weight is 387 g/mol. The molecule has 0 unspecified atom stereocenters. The second-order valence-electron chi connectivity index (χ2n) is 6.25. The molecule has 1 aliphatic carbocycles. The van der Waals surface area contributed by atoms with E-state index in [9.17, 15) is 14.4 Å². The van der Waals surface area contributed by atoms with Crippen LogP contribution in [0.1, 0.15) is 39.1 Å². The molecule has 1 fully saturated rings. The molecule has 1 aliphatic rings. The maximum absolute atomic E-state index is 12.7. The summed E-state index contributed by atoms with van der Waals surface area (Å²) in [6.45, 7) is 0.227. The van der Waals surface area contributed by atoms with E-state index in [1.165, 1.54) is 23.9 Å². The Balaban J connectivity index is 0.00000136. The van der Waals surface area contributed by atoms with Crippen molar-refractivity contribution in [1.29, 1.82) is 0 Å². The molecule has 1 aromatic carbocycles. The van der Waals surface area contributed by atoms with Crippen molar-refractivity contribution in [2.75, 3.05) is 21.3 Å². The molecular formula is C20H25N3O5. The molecule has 0 atom stereocenters. The zero-order valence-corrected chi connectivity index (χ0v) is 16.2. The molecule has 2 aromatic rings. The monoisotopic (exact) mass is 387 g/mol. The Labute approximate surface area is 163 Å². The fourth-order valence-corrected chi connectivity index (χ4v) is 2.64. The highest BCUT2D eigenvalue weighted by Crippen LogP contribution is 2.19.